The third-order valence-corrected chi connectivity index (χ3v) is 5.71. The average Bonchev–Trinajstić information content (AvgIpc) is 3.03. The van der Waals surface area contributed by atoms with Gasteiger partial charge in [0.2, 0.25) is 0 Å². The largest absolute Gasteiger partial charge is 0.467 e. The number of halogens is 3. The molecule has 1 fully saturated rings. The Morgan fingerprint density at radius 3 is 2.59 bits per heavy atom. The van der Waals surface area contributed by atoms with E-state index in [2.05, 4.69) is 4.98 Å². The first-order valence-corrected chi connectivity index (χ1v) is 9.66. The Bertz CT molecular complexity index is 1000. The Balaban J connectivity index is 1.38. The molecule has 0 saturated carbocycles. The number of thiazole rings is 1. The van der Waals surface area contributed by atoms with Crippen LogP contribution >= 0.6 is 22.9 Å². The number of piperidine rings is 1. The number of rotatable bonds is 3. The quantitative estimate of drug-likeness (QED) is 0.618. The molecular weight excluding hydrogens is 394 g/mol. The van der Waals surface area contributed by atoms with Gasteiger partial charge in [0.15, 0.2) is 0 Å². The maximum Gasteiger partial charge on any atom is 0.274 e. The van der Waals surface area contributed by atoms with Crippen LogP contribution < -0.4 is 4.74 Å². The fourth-order valence-corrected chi connectivity index (χ4v) is 4.23. The Morgan fingerprint density at radius 1 is 1.15 bits per heavy atom. The molecule has 1 aromatic heterocycles. The summed E-state index contributed by atoms with van der Waals surface area (Å²) >= 11 is 7.29. The van der Waals surface area contributed by atoms with E-state index in [1.807, 2.05) is 0 Å². The van der Waals surface area contributed by atoms with Gasteiger partial charge in [-0.1, -0.05) is 22.9 Å². The summed E-state index contributed by atoms with van der Waals surface area (Å²) in [4.78, 5) is 18.6. The molecule has 1 aliphatic rings. The standard InChI is InChI=1S/C19H15ClF2N2O2S/c20-15-9-11(21)1-3-14(15)18(25)24-7-5-13(6-8-24)26-19-23-16-4-2-12(22)10-17(16)27-19/h1-4,9-10,13H,5-8H2. The van der Waals surface area contributed by atoms with Crippen molar-refractivity contribution in [1.82, 2.24) is 9.88 Å². The Morgan fingerprint density at radius 2 is 1.85 bits per heavy atom. The molecule has 1 amide bonds. The normalized spacial score (nSPS) is 15.3. The van der Waals surface area contributed by atoms with Crippen molar-refractivity contribution >= 4 is 39.1 Å². The number of likely N-dealkylation sites (tertiary alicyclic amines) is 1. The second-order valence-corrected chi connectivity index (χ2v) is 7.73. The molecule has 27 heavy (non-hydrogen) atoms. The Hall–Kier alpha value is -2.25. The van der Waals surface area contributed by atoms with Crippen LogP contribution in [0.5, 0.6) is 5.19 Å². The third-order valence-electron chi connectivity index (χ3n) is 4.49. The van der Waals surface area contributed by atoms with Crippen LogP contribution in [0.1, 0.15) is 23.2 Å². The molecule has 0 N–H and O–H groups in total. The van der Waals surface area contributed by atoms with Crippen LogP contribution in [0.25, 0.3) is 10.2 Å². The minimum absolute atomic E-state index is 0.0665. The molecular formula is C19H15ClF2N2O2S. The van der Waals surface area contributed by atoms with E-state index in [0.29, 0.717) is 42.2 Å². The van der Waals surface area contributed by atoms with Crippen LogP contribution in [-0.4, -0.2) is 35.0 Å². The highest BCUT2D eigenvalue weighted by Crippen LogP contribution is 2.30. The monoisotopic (exact) mass is 408 g/mol. The highest BCUT2D eigenvalue weighted by Gasteiger charge is 2.26. The number of carbonyl (C=O) groups excluding carboxylic acids is 1. The van der Waals surface area contributed by atoms with E-state index in [-0.39, 0.29) is 22.9 Å². The lowest BCUT2D eigenvalue weighted by Gasteiger charge is -2.31. The lowest BCUT2D eigenvalue weighted by atomic mass is 10.1. The fourth-order valence-electron chi connectivity index (χ4n) is 3.08. The summed E-state index contributed by atoms with van der Waals surface area (Å²) in [6, 6.07) is 8.21. The summed E-state index contributed by atoms with van der Waals surface area (Å²) in [7, 11) is 0. The van der Waals surface area contributed by atoms with Gasteiger partial charge in [-0.3, -0.25) is 4.79 Å². The van der Waals surface area contributed by atoms with E-state index in [4.69, 9.17) is 16.3 Å². The predicted octanol–water partition coefficient (Wildman–Crippen LogP) is 4.91. The van der Waals surface area contributed by atoms with Crippen LogP contribution in [0.4, 0.5) is 8.78 Å². The number of hydrogen-bond acceptors (Lipinski definition) is 4. The molecule has 0 aliphatic carbocycles. The summed E-state index contributed by atoms with van der Waals surface area (Å²) in [5.74, 6) is -0.989. The van der Waals surface area contributed by atoms with Gasteiger partial charge in [-0.2, -0.15) is 0 Å². The van der Waals surface area contributed by atoms with Crippen LogP contribution in [-0.2, 0) is 0 Å². The van der Waals surface area contributed by atoms with Crippen molar-refractivity contribution < 1.29 is 18.3 Å². The summed E-state index contributed by atoms with van der Waals surface area (Å²) < 4.78 is 33.1. The van der Waals surface area contributed by atoms with Crippen LogP contribution in [0, 0.1) is 11.6 Å². The predicted molar refractivity (Wildman–Crippen MR) is 101 cm³/mol. The molecule has 2 aromatic carbocycles. The number of ether oxygens (including phenoxy) is 1. The lowest BCUT2D eigenvalue weighted by molar-refractivity contribution is 0.0595. The molecule has 4 nitrogen and oxygen atoms in total. The van der Waals surface area contributed by atoms with Crippen molar-refractivity contribution in [2.45, 2.75) is 18.9 Å². The maximum atomic E-state index is 13.3. The third kappa shape index (κ3) is 3.89. The number of fused-ring (bicyclic) bond motifs is 1. The fraction of sp³-hybridized carbons (Fsp3) is 0.263. The van der Waals surface area contributed by atoms with E-state index in [0.717, 1.165) is 10.8 Å². The molecule has 1 saturated heterocycles. The molecule has 4 rings (SSSR count). The second-order valence-electron chi connectivity index (χ2n) is 6.33. The molecule has 0 radical (unpaired) electrons. The van der Waals surface area contributed by atoms with E-state index in [1.165, 1.54) is 35.6 Å². The zero-order chi connectivity index (χ0) is 19.0. The van der Waals surface area contributed by atoms with Crippen molar-refractivity contribution in [1.29, 1.82) is 0 Å². The van der Waals surface area contributed by atoms with Crippen molar-refractivity contribution in [3.05, 3.63) is 58.6 Å². The minimum atomic E-state index is -0.473. The van der Waals surface area contributed by atoms with Crippen LogP contribution in [0.2, 0.25) is 5.02 Å². The average molecular weight is 409 g/mol. The first-order chi connectivity index (χ1) is 13.0. The van der Waals surface area contributed by atoms with Crippen molar-refractivity contribution in [2.75, 3.05) is 13.1 Å². The number of hydrogen-bond donors (Lipinski definition) is 0. The summed E-state index contributed by atoms with van der Waals surface area (Å²) in [5.41, 5.74) is 1.00. The van der Waals surface area contributed by atoms with E-state index in [1.54, 1.807) is 11.0 Å². The highest BCUT2D eigenvalue weighted by atomic mass is 35.5. The number of benzene rings is 2. The zero-order valence-electron chi connectivity index (χ0n) is 14.1. The molecule has 140 valence electrons. The molecule has 0 bridgehead atoms. The minimum Gasteiger partial charge on any atom is -0.467 e. The van der Waals surface area contributed by atoms with Gasteiger partial charge in [0, 0.05) is 25.9 Å². The summed E-state index contributed by atoms with van der Waals surface area (Å²) in [5, 5.41) is 0.613. The Kier molecular flexibility index (Phi) is 4.97. The Labute approximate surface area is 163 Å². The molecule has 2 heterocycles. The van der Waals surface area contributed by atoms with Crippen molar-refractivity contribution in [3.63, 3.8) is 0 Å². The molecule has 3 aromatic rings. The number of nitrogens with zero attached hydrogens (tertiary/aromatic N) is 2. The van der Waals surface area contributed by atoms with Gasteiger partial charge in [-0.15, -0.1) is 0 Å². The smallest absolute Gasteiger partial charge is 0.274 e. The molecule has 0 unspecified atom stereocenters. The van der Waals surface area contributed by atoms with E-state index >= 15 is 0 Å². The molecule has 0 atom stereocenters. The first-order valence-electron chi connectivity index (χ1n) is 8.46. The van der Waals surface area contributed by atoms with Gasteiger partial charge in [0.1, 0.15) is 17.7 Å². The van der Waals surface area contributed by atoms with Gasteiger partial charge in [0.05, 0.1) is 20.8 Å². The summed E-state index contributed by atoms with van der Waals surface area (Å²) in [6.07, 6.45) is 1.23. The first kappa shape index (κ1) is 18.1. The highest BCUT2D eigenvalue weighted by molar-refractivity contribution is 7.20. The zero-order valence-corrected chi connectivity index (χ0v) is 15.7. The van der Waals surface area contributed by atoms with Crippen LogP contribution in [0.15, 0.2) is 36.4 Å². The van der Waals surface area contributed by atoms with Gasteiger partial charge >= 0.3 is 0 Å². The van der Waals surface area contributed by atoms with E-state index in [9.17, 15) is 13.6 Å². The summed E-state index contributed by atoms with van der Waals surface area (Å²) in [6.45, 7) is 1.02. The van der Waals surface area contributed by atoms with Gasteiger partial charge in [-0.25, -0.2) is 13.8 Å². The van der Waals surface area contributed by atoms with Gasteiger partial charge in [-0.05, 0) is 36.4 Å². The van der Waals surface area contributed by atoms with Gasteiger partial charge in [0.25, 0.3) is 11.1 Å². The number of aromatic nitrogens is 1. The number of amides is 1. The topological polar surface area (TPSA) is 42.4 Å². The lowest BCUT2D eigenvalue weighted by Crippen LogP contribution is -2.41. The SMILES string of the molecule is O=C(c1ccc(F)cc1Cl)N1CCC(Oc2nc3ccc(F)cc3s2)CC1. The molecule has 8 heteroatoms. The van der Waals surface area contributed by atoms with Gasteiger partial charge < -0.3 is 9.64 Å². The molecule has 0 spiro atoms. The second kappa shape index (κ2) is 7.40. The number of carbonyl (C=O) groups is 1. The van der Waals surface area contributed by atoms with E-state index < -0.39 is 5.82 Å². The maximum absolute atomic E-state index is 13.3. The van der Waals surface area contributed by atoms with Crippen molar-refractivity contribution in [3.8, 4) is 5.19 Å². The van der Waals surface area contributed by atoms with Crippen LogP contribution in [0.3, 0.4) is 0 Å². The molecule has 1 aliphatic heterocycles. The van der Waals surface area contributed by atoms with Crippen molar-refractivity contribution in [2.24, 2.45) is 0 Å².